The molecule has 8 heteroatoms. The lowest BCUT2D eigenvalue weighted by molar-refractivity contribution is 0.0301. The molecule has 1 aromatic carbocycles. The molecule has 28 heavy (non-hydrogen) atoms. The summed E-state index contributed by atoms with van der Waals surface area (Å²) >= 11 is 3.63. The number of aliphatic hydroxyl groups excluding tert-OH is 1. The van der Waals surface area contributed by atoms with Crippen molar-refractivity contribution >= 4 is 51.6 Å². The van der Waals surface area contributed by atoms with Crippen molar-refractivity contribution < 1.29 is 9.84 Å². The number of nitrogens with one attached hydrogen (secondary N) is 2. The minimum absolute atomic E-state index is 0. The van der Waals surface area contributed by atoms with Gasteiger partial charge in [-0.15, -0.1) is 24.0 Å². The first kappa shape index (κ1) is 25.5. The summed E-state index contributed by atoms with van der Waals surface area (Å²) in [4.78, 5) is 6.90. The van der Waals surface area contributed by atoms with E-state index in [-0.39, 0.29) is 24.0 Å². The van der Waals surface area contributed by atoms with Crippen LogP contribution in [0.15, 0.2) is 33.7 Å². The highest BCUT2D eigenvalue weighted by atomic mass is 127. The van der Waals surface area contributed by atoms with Crippen LogP contribution in [0.25, 0.3) is 0 Å². The van der Waals surface area contributed by atoms with E-state index >= 15 is 0 Å². The maximum atomic E-state index is 10.1. The van der Waals surface area contributed by atoms with Crippen LogP contribution in [0, 0.1) is 5.92 Å². The SMILES string of the molecule is CCNC(=NCC(O)COCC(C)C)NC1CCN(c2ccccc2Br)C1.I. The normalized spacial score (nSPS) is 18.1. The Kier molecular flexibility index (Phi) is 12.4. The molecule has 1 heterocycles. The maximum absolute atomic E-state index is 10.1. The summed E-state index contributed by atoms with van der Waals surface area (Å²) in [5.41, 5.74) is 1.22. The average Bonchev–Trinajstić information content (AvgIpc) is 3.08. The van der Waals surface area contributed by atoms with Gasteiger partial charge in [0.25, 0.3) is 0 Å². The van der Waals surface area contributed by atoms with Crippen molar-refractivity contribution in [2.24, 2.45) is 10.9 Å². The molecule has 1 fully saturated rings. The van der Waals surface area contributed by atoms with Crippen molar-refractivity contribution in [3.8, 4) is 0 Å². The Labute approximate surface area is 194 Å². The number of rotatable bonds is 9. The van der Waals surface area contributed by atoms with Gasteiger partial charge in [0.15, 0.2) is 5.96 Å². The Morgan fingerprint density at radius 1 is 1.36 bits per heavy atom. The molecule has 0 bridgehead atoms. The molecule has 3 N–H and O–H groups in total. The second kappa shape index (κ2) is 13.6. The predicted octanol–water partition coefficient (Wildman–Crippen LogP) is 3.23. The van der Waals surface area contributed by atoms with Gasteiger partial charge in [0.1, 0.15) is 0 Å². The smallest absolute Gasteiger partial charge is 0.191 e. The van der Waals surface area contributed by atoms with Gasteiger partial charge in [0.2, 0.25) is 0 Å². The molecule has 1 aliphatic heterocycles. The third-order valence-corrected chi connectivity index (χ3v) is 4.96. The highest BCUT2D eigenvalue weighted by Gasteiger charge is 2.24. The lowest BCUT2D eigenvalue weighted by atomic mass is 10.2. The molecule has 160 valence electrons. The van der Waals surface area contributed by atoms with Gasteiger partial charge in [-0.3, -0.25) is 4.99 Å². The van der Waals surface area contributed by atoms with Crippen molar-refractivity contribution in [3.05, 3.63) is 28.7 Å². The number of anilines is 1. The third-order valence-electron chi connectivity index (χ3n) is 4.29. The van der Waals surface area contributed by atoms with E-state index in [1.54, 1.807) is 0 Å². The molecule has 1 aromatic rings. The quantitative estimate of drug-likeness (QED) is 0.242. The lowest BCUT2D eigenvalue weighted by Gasteiger charge is -2.21. The molecule has 1 aliphatic rings. The van der Waals surface area contributed by atoms with Crippen LogP contribution in [0.4, 0.5) is 5.69 Å². The minimum Gasteiger partial charge on any atom is -0.389 e. The van der Waals surface area contributed by atoms with Crippen LogP contribution in [0.5, 0.6) is 0 Å². The van der Waals surface area contributed by atoms with Crippen LogP contribution in [0.1, 0.15) is 27.2 Å². The second-order valence-electron chi connectivity index (χ2n) is 7.33. The largest absolute Gasteiger partial charge is 0.389 e. The molecular formula is C20H34BrIN4O2. The van der Waals surface area contributed by atoms with E-state index in [4.69, 9.17) is 4.74 Å². The van der Waals surface area contributed by atoms with Crippen LogP contribution in [0.3, 0.4) is 0 Å². The van der Waals surface area contributed by atoms with Crippen molar-refractivity contribution in [1.29, 1.82) is 0 Å². The topological polar surface area (TPSA) is 69.1 Å². The Bertz CT molecular complexity index is 603. The minimum atomic E-state index is -0.584. The highest BCUT2D eigenvalue weighted by Crippen LogP contribution is 2.28. The van der Waals surface area contributed by atoms with Gasteiger partial charge in [-0.2, -0.15) is 0 Å². The fraction of sp³-hybridized carbons (Fsp3) is 0.650. The number of nitrogens with zero attached hydrogens (tertiary/aromatic N) is 2. The van der Waals surface area contributed by atoms with Crippen molar-refractivity contribution in [3.63, 3.8) is 0 Å². The van der Waals surface area contributed by atoms with E-state index < -0.39 is 6.10 Å². The van der Waals surface area contributed by atoms with E-state index in [0.29, 0.717) is 31.7 Å². The number of guanidine groups is 1. The van der Waals surface area contributed by atoms with Gasteiger partial charge >= 0.3 is 0 Å². The highest BCUT2D eigenvalue weighted by molar-refractivity contribution is 14.0. The third kappa shape index (κ3) is 8.84. The molecule has 0 radical (unpaired) electrons. The zero-order valence-corrected chi connectivity index (χ0v) is 20.9. The molecule has 1 saturated heterocycles. The van der Waals surface area contributed by atoms with Crippen LogP contribution in [0.2, 0.25) is 0 Å². The summed E-state index contributed by atoms with van der Waals surface area (Å²) < 4.78 is 6.61. The van der Waals surface area contributed by atoms with E-state index in [1.165, 1.54) is 5.69 Å². The van der Waals surface area contributed by atoms with E-state index in [0.717, 1.165) is 36.5 Å². The first-order valence-corrected chi connectivity index (χ1v) is 10.6. The predicted molar refractivity (Wildman–Crippen MR) is 131 cm³/mol. The van der Waals surface area contributed by atoms with Gasteiger partial charge in [0, 0.05) is 36.8 Å². The zero-order chi connectivity index (χ0) is 19.6. The molecule has 0 spiro atoms. The molecule has 2 atom stereocenters. The number of halogens is 2. The number of para-hydroxylation sites is 1. The van der Waals surface area contributed by atoms with Crippen LogP contribution in [-0.2, 0) is 4.74 Å². The number of aliphatic hydroxyl groups is 1. The number of ether oxygens (including phenoxy) is 1. The first-order chi connectivity index (χ1) is 13.0. The van der Waals surface area contributed by atoms with E-state index in [2.05, 4.69) is 68.5 Å². The van der Waals surface area contributed by atoms with Crippen LogP contribution in [-0.4, -0.2) is 62.6 Å². The summed E-state index contributed by atoms with van der Waals surface area (Å²) in [6, 6.07) is 8.63. The Morgan fingerprint density at radius 3 is 2.79 bits per heavy atom. The Hall–Kier alpha value is -0.580. The summed E-state index contributed by atoms with van der Waals surface area (Å²) in [7, 11) is 0. The average molecular weight is 569 g/mol. The van der Waals surface area contributed by atoms with E-state index in [1.807, 2.05) is 13.0 Å². The fourth-order valence-corrected chi connectivity index (χ4v) is 3.54. The Balaban J connectivity index is 0.00000392. The molecule has 0 saturated carbocycles. The van der Waals surface area contributed by atoms with Crippen LogP contribution >= 0.6 is 39.9 Å². The van der Waals surface area contributed by atoms with Crippen molar-refractivity contribution in [2.45, 2.75) is 39.3 Å². The van der Waals surface area contributed by atoms with Gasteiger partial charge < -0.3 is 25.4 Å². The van der Waals surface area contributed by atoms with Gasteiger partial charge in [0.05, 0.1) is 24.9 Å². The first-order valence-electron chi connectivity index (χ1n) is 9.79. The maximum Gasteiger partial charge on any atom is 0.191 e. The summed E-state index contributed by atoms with van der Waals surface area (Å²) in [6.07, 6.45) is 0.464. The monoisotopic (exact) mass is 568 g/mol. The summed E-state index contributed by atoms with van der Waals surface area (Å²) in [5, 5.41) is 16.8. The molecule has 2 unspecified atom stereocenters. The van der Waals surface area contributed by atoms with Crippen molar-refractivity contribution in [1.82, 2.24) is 10.6 Å². The summed E-state index contributed by atoms with van der Waals surface area (Å²) in [5.74, 6) is 1.22. The lowest BCUT2D eigenvalue weighted by Crippen LogP contribution is -2.45. The molecule has 0 aromatic heterocycles. The van der Waals surface area contributed by atoms with Gasteiger partial charge in [-0.25, -0.2) is 0 Å². The number of aliphatic imine (C=N–C) groups is 1. The molecule has 0 amide bonds. The molecule has 6 nitrogen and oxygen atoms in total. The fourth-order valence-electron chi connectivity index (χ4n) is 3.01. The molecule has 0 aliphatic carbocycles. The number of hydrogen-bond acceptors (Lipinski definition) is 4. The van der Waals surface area contributed by atoms with Crippen molar-refractivity contribution in [2.75, 3.05) is 44.3 Å². The number of hydrogen-bond donors (Lipinski definition) is 3. The van der Waals surface area contributed by atoms with Gasteiger partial charge in [-0.05, 0) is 47.3 Å². The second-order valence-corrected chi connectivity index (χ2v) is 8.19. The Morgan fingerprint density at radius 2 is 2.11 bits per heavy atom. The summed E-state index contributed by atoms with van der Waals surface area (Å²) in [6.45, 7) is 10.2. The van der Waals surface area contributed by atoms with E-state index in [9.17, 15) is 5.11 Å². The molecule has 2 rings (SSSR count). The van der Waals surface area contributed by atoms with Gasteiger partial charge in [-0.1, -0.05) is 26.0 Å². The zero-order valence-electron chi connectivity index (χ0n) is 17.0. The number of benzene rings is 1. The van der Waals surface area contributed by atoms with Crippen LogP contribution < -0.4 is 15.5 Å². The standard InChI is InChI=1S/C20H33BrN4O2.HI/c1-4-22-20(23-11-17(26)14-27-13-15(2)3)24-16-9-10-25(12-16)19-8-6-5-7-18(19)21;/h5-8,15-17,26H,4,9-14H2,1-3H3,(H2,22,23,24);1H. The molecular weight excluding hydrogens is 535 g/mol.